The first-order valence-electron chi connectivity index (χ1n) is 6.96. The summed E-state index contributed by atoms with van der Waals surface area (Å²) >= 11 is 0. The van der Waals surface area contributed by atoms with Crippen LogP contribution in [0.25, 0.3) is 0 Å². The molecule has 1 aliphatic carbocycles. The molecule has 18 heavy (non-hydrogen) atoms. The van der Waals surface area contributed by atoms with Crippen molar-refractivity contribution in [2.75, 3.05) is 6.61 Å². The fraction of sp³-hybridized carbons (Fsp3) is 0.600. The van der Waals surface area contributed by atoms with Crippen LogP contribution in [0.2, 0.25) is 0 Å². The van der Waals surface area contributed by atoms with Crippen molar-refractivity contribution in [1.82, 2.24) is 5.32 Å². The molecule has 98 valence electrons. The zero-order chi connectivity index (χ0) is 12.5. The highest BCUT2D eigenvalue weighted by molar-refractivity contribution is 5.44. The monoisotopic (exact) mass is 247 g/mol. The summed E-state index contributed by atoms with van der Waals surface area (Å²) in [6.45, 7) is 2.96. The molecule has 0 amide bonds. The standard InChI is InChI=1S/C15H21NO2/c1-10(11-4-2-3-5-11)16-14-9-18-15-8-12(17)6-7-13(14)15/h6-8,10-11,14,16-17H,2-5,9H2,1H3. The molecule has 0 aromatic heterocycles. The van der Waals surface area contributed by atoms with E-state index in [-0.39, 0.29) is 11.8 Å². The van der Waals surface area contributed by atoms with Gasteiger partial charge in [0.15, 0.2) is 0 Å². The molecule has 1 fully saturated rings. The molecular formula is C15H21NO2. The number of ether oxygens (including phenoxy) is 1. The van der Waals surface area contributed by atoms with E-state index in [1.54, 1.807) is 12.1 Å². The first-order chi connectivity index (χ1) is 8.74. The number of hydrogen-bond donors (Lipinski definition) is 2. The minimum atomic E-state index is 0.274. The first-order valence-corrected chi connectivity index (χ1v) is 6.96. The maximum Gasteiger partial charge on any atom is 0.127 e. The minimum Gasteiger partial charge on any atom is -0.508 e. The molecule has 0 radical (unpaired) electrons. The largest absolute Gasteiger partial charge is 0.508 e. The Morgan fingerprint density at radius 1 is 1.33 bits per heavy atom. The summed E-state index contributed by atoms with van der Waals surface area (Å²) in [5.41, 5.74) is 1.18. The highest BCUT2D eigenvalue weighted by Gasteiger charge is 2.29. The second kappa shape index (κ2) is 4.81. The van der Waals surface area contributed by atoms with Crippen molar-refractivity contribution >= 4 is 0 Å². The van der Waals surface area contributed by atoms with E-state index in [1.165, 1.54) is 31.2 Å². The van der Waals surface area contributed by atoms with Crippen LogP contribution in [0, 0.1) is 5.92 Å². The smallest absolute Gasteiger partial charge is 0.127 e. The second-order valence-electron chi connectivity index (χ2n) is 5.59. The van der Waals surface area contributed by atoms with Crippen molar-refractivity contribution in [3.05, 3.63) is 23.8 Å². The second-order valence-corrected chi connectivity index (χ2v) is 5.59. The Labute approximate surface area is 108 Å². The molecule has 1 heterocycles. The molecule has 2 aliphatic rings. The van der Waals surface area contributed by atoms with Crippen LogP contribution >= 0.6 is 0 Å². The number of benzene rings is 1. The van der Waals surface area contributed by atoms with Crippen LogP contribution < -0.4 is 10.1 Å². The summed E-state index contributed by atoms with van der Waals surface area (Å²) in [5, 5.41) is 13.1. The molecule has 1 saturated carbocycles. The van der Waals surface area contributed by atoms with Gasteiger partial charge in [0.1, 0.15) is 18.1 Å². The normalized spacial score (nSPS) is 24.8. The molecule has 1 aliphatic heterocycles. The van der Waals surface area contributed by atoms with E-state index >= 15 is 0 Å². The molecule has 3 heteroatoms. The molecular weight excluding hydrogens is 226 g/mol. The lowest BCUT2D eigenvalue weighted by molar-refractivity contribution is 0.275. The summed E-state index contributed by atoms with van der Waals surface area (Å²) in [6, 6.07) is 6.23. The summed E-state index contributed by atoms with van der Waals surface area (Å²) in [6.07, 6.45) is 5.46. The van der Waals surface area contributed by atoms with E-state index in [4.69, 9.17) is 4.74 Å². The predicted octanol–water partition coefficient (Wildman–Crippen LogP) is 2.99. The van der Waals surface area contributed by atoms with Gasteiger partial charge in [0, 0.05) is 17.7 Å². The van der Waals surface area contributed by atoms with Gasteiger partial charge in [-0.05, 0) is 37.8 Å². The maximum atomic E-state index is 9.44. The predicted molar refractivity (Wildman–Crippen MR) is 70.9 cm³/mol. The molecule has 1 aromatic rings. The third-order valence-electron chi connectivity index (χ3n) is 4.35. The molecule has 2 unspecified atom stereocenters. The van der Waals surface area contributed by atoms with Gasteiger partial charge < -0.3 is 15.2 Å². The van der Waals surface area contributed by atoms with E-state index in [2.05, 4.69) is 12.2 Å². The van der Waals surface area contributed by atoms with Crippen molar-refractivity contribution < 1.29 is 9.84 Å². The lowest BCUT2D eigenvalue weighted by atomic mass is 9.98. The summed E-state index contributed by atoms with van der Waals surface area (Å²) in [7, 11) is 0. The molecule has 2 atom stereocenters. The number of phenols is 1. The average molecular weight is 247 g/mol. The van der Waals surface area contributed by atoms with Gasteiger partial charge >= 0.3 is 0 Å². The third kappa shape index (κ3) is 2.19. The lowest BCUT2D eigenvalue weighted by Crippen LogP contribution is -2.36. The topological polar surface area (TPSA) is 41.5 Å². The van der Waals surface area contributed by atoms with Crippen molar-refractivity contribution in [3.8, 4) is 11.5 Å². The van der Waals surface area contributed by atoms with E-state index in [0.29, 0.717) is 12.6 Å². The Morgan fingerprint density at radius 2 is 2.11 bits per heavy atom. The lowest BCUT2D eigenvalue weighted by Gasteiger charge is -2.24. The fourth-order valence-corrected chi connectivity index (χ4v) is 3.25. The van der Waals surface area contributed by atoms with Crippen LogP contribution in [-0.2, 0) is 0 Å². The Balaban J connectivity index is 1.68. The maximum absolute atomic E-state index is 9.44. The molecule has 2 N–H and O–H groups in total. The highest BCUT2D eigenvalue weighted by atomic mass is 16.5. The van der Waals surface area contributed by atoms with Crippen molar-refractivity contribution in [2.45, 2.75) is 44.7 Å². The van der Waals surface area contributed by atoms with Crippen LogP contribution in [0.15, 0.2) is 18.2 Å². The Morgan fingerprint density at radius 3 is 2.89 bits per heavy atom. The van der Waals surface area contributed by atoms with Crippen molar-refractivity contribution in [1.29, 1.82) is 0 Å². The zero-order valence-electron chi connectivity index (χ0n) is 10.9. The molecule has 1 aromatic carbocycles. The van der Waals surface area contributed by atoms with Gasteiger partial charge in [-0.2, -0.15) is 0 Å². The summed E-state index contributed by atoms with van der Waals surface area (Å²) in [4.78, 5) is 0. The van der Waals surface area contributed by atoms with Crippen LogP contribution in [0.1, 0.15) is 44.2 Å². The van der Waals surface area contributed by atoms with E-state index < -0.39 is 0 Å². The molecule has 3 rings (SSSR count). The van der Waals surface area contributed by atoms with E-state index in [1.807, 2.05) is 6.07 Å². The number of phenolic OH excluding ortho intramolecular Hbond substituents is 1. The summed E-state index contributed by atoms with van der Waals surface area (Å²) < 4.78 is 5.63. The molecule has 3 nitrogen and oxygen atoms in total. The SMILES string of the molecule is CC(NC1COc2cc(O)ccc21)C1CCCC1. The first kappa shape index (κ1) is 11.8. The van der Waals surface area contributed by atoms with Gasteiger partial charge in [-0.25, -0.2) is 0 Å². The van der Waals surface area contributed by atoms with Gasteiger partial charge in [0.25, 0.3) is 0 Å². The van der Waals surface area contributed by atoms with Crippen LogP contribution in [0.4, 0.5) is 0 Å². The van der Waals surface area contributed by atoms with Crippen LogP contribution in [0.5, 0.6) is 11.5 Å². The van der Waals surface area contributed by atoms with Gasteiger partial charge in [-0.3, -0.25) is 0 Å². The van der Waals surface area contributed by atoms with E-state index in [9.17, 15) is 5.11 Å². The number of fused-ring (bicyclic) bond motifs is 1. The van der Waals surface area contributed by atoms with Gasteiger partial charge in [-0.15, -0.1) is 0 Å². The molecule has 0 spiro atoms. The third-order valence-corrected chi connectivity index (χ3v) is 4.35. The Kier molecular flexibility index (Phi) is 3.16. The fourth-order valence-electron chi connectivity index (χ4n) is 3.25. The number of hydrogen-bond acceptors (Lipinski definition) is 3. The van der Waals surface area contributed by atoms with Crippen molar-refractivity contribution in [3.63, 3.8) is 0 Å². The highest BCUT2D eigenvalue weighted by Crippen LogP contribution is 2.36. The zero-order valence-corrected chi connectivity index (χ0v) is 10.9. The van der Waals surface area contributed by atoms with E-state index in [0.717, 1.165) is 11.7 Å². The summed E-state index contributed by atoms with van der Waals surface area (Å²) in [5.74, 6) is 1.91. The molecule has 0 bridgehead atoms. The Bertz CT molecular complexity index is 427. The quantitative estimate of drug-likeness (QED) is 0.862. The van der Waals surface area contributed by atoms with Gasteiger partial charge in [-0.1, -0.05) is 12.8 Å². The number of rotatable bonds is 3. The number of aromatic hydroxyl groups is 1. The average Bonchev–Trinajstić information content (AvgIpc) is 2.98. The van der Waals surface area contributed by atoms with Gasteiger partial charge in [0.2, 0.25) is 0 Å². The van der Waals surface area contributed by atoms with Crippen molar-refractivity contribution in [2.24, 2.45) is 5.92 Å². The minimum absolute atomic E-state index is 0.274. The Hall–Kier alpha value is -1.22. The van der Waals surface area contributed by atoms with Gasteiger partial charge in [0.05, 0.1) is 6.04 Å². The van der Waals surface area contributed by atoms with Crippen LogP contribution in [-0.4, -0.2) is 17.8 Å². The molecule has 0 saturated heterocycles. The van der Waals surface area contributed by atoms with Crippen LogP contribution in [0.3, 0.4) is 0 Å². The number of nitrogens with one attached hydrogen (secondary N) is 1.